The Balaban J connectivity index is 1.40. The molecule has 164 valence electrons. The van der Waals surface area contributed by atoms with Crippen LogP contribution in [-0.4, -0.2) is 50.5 Å². The lowest BCUT2D eigenvalue weighted by Crippen LogP contribution is -2.26. The molecule has 4 heterocycles. The molecule has 11 heteroatoms. The van der Waals surface area contributed by atoms with Crippen molar-refractivity contribution in [3.05, 3.63) is 29.4 Å². The Bertz CT molecular complexity index is 1050. The number of aryl methyl sites for hydroxylation is 1. The average Bonchev–Trinajstić information content (AvgIpc) is 3.38. The number of rotatable bonds is 7. The van der Waals surface area contributed by atoms with E-state index in [0.717, 1.165) is 30.0 Å². The number of urea groups is 1. The Morgan fingerprint density at radius 1 is 1.35 bits per heavy atom. The van der Waals surface area contributed by atoms with Gasteiger partial charge in [-0.25, -0.2) is 14.8 Å². The maximum Gasteiger partial charge on any atom is 0.326 e. The van der Waals surface area contributed by atoms with Crippen molar-refractivity contribution in [1.29, 1.82) is 0 Å². The molecule has 0 saturated heterocycles. The van der Waals surface area contributed by atoms with Crippen LogP contribution >= 0.6 is 11.3 Å². The van der Waals surface area contributed by atoms with Crippen LogP contribution in [0.2, 0.25) is 0 Å². The quantitative estimate of drug-likeness (QED) is 0.509. The minimum atomic E-state index is -0.392. The average molecular weight is 443 g/mol. The first-order valence-corrected chi connectivity index (χ1v) is 11.0. The number of hydrogen-bond donors (Lipinski definition) is 3. The summed E-state index contributed by atoms with van der Waals surface area (Å²) in [6.07, 6.45) is 4.58. The van der Waals surface area contributed by atoms with Crippen LogP contribution in [0.5, 0.6) is 0 Å². The van der Waals surface area contributed by atoms with Gasteiger partial charge in [-0.1, -0.05) is 17.4 Å². The lowest BCUT2D eigenvalue weighted by atomic mass is 10.0. The number of amides is 2. The number of carbonyl (C=O) groups excluding carboxylic acids is 1. The van der Waals surface area contributed by atoms with Gasteiger partial charge in [0.25, 0.3) is 0 Å². The molecule has 1 aliphatic rings. The second kappa shape index (κ2) is 9.40. The van der Waals surface area contributed by atoms with E-state index in [1.54, 1.807) is 19.5 Å². The number of anilines is 3. The molecular weight excluding hydrogens is 416 g/mol. The lowest BCUT2D eigenvalue weighted by Gasteiger charge is -2.23. The van der Waals surface area contributed by atoms with Crippen molar-refractivity contribution in [3.63, 3.8) is 0 Å². The van der Waals surface area contributed by atoms with Crippen molar-refractivity contribution in [2.24, 2.45) is 0 Å². The third-order valence-electron chi connectivity index (χ3n) is 5.00. The number of thiazole rings is 1. The molecule has 3 aromatic rings. The number of methoxy groups -OCH3 is 1. The zero-order valence-corrected chi connectivity index (χ0v) is 18.6. The van der Waals surface area contributed by atoms with Crippen molar-refractivity contribution in [3.8, 4) is 11.5 Å². The standard InChI is InChI=1S/C20H26N8O2S/c1-12(2)28-11-21-27-18(28)14-5-4-6-16(23-14)24-19(29)26-20-25-17-15(31-20)8-7-13(22-17)9-10-30-3/h4-6,11-13,22H,7-10H2,1-3H3,(H2,23,24,25,26,29). The minimum Gasteiger partial charge on any atom is -0.385 e. The van der Waals surface area contributed by atoms with E-state index in [2.05, 4.69) is 36.1 Å². The molecule has 3 N–H and O–H groups in total. The first-order chi connectivity index (χ1) is 15.0. The summed E-state index contributed by atoms with van der Waals surface area (Å²) in [5.41, 5.74) is 0.639. The van der Waals surface area contributed by atoms with Crippen molar-refractivity contribution in [2.45, 2.75) is 45.2 Å². The van der Waals surface area contributed by atoms with Crippen LogP contribution in [0.1, 0.15) is 37.6 Å². The van der Waals surface area contributed by atoms with E-state index in [1.165, 1.54) is 11.3 Å². The van der Waals surface area contributed by atoms with Gasteiger partial charge in [0.15, 0.2) is 11.0 Å². The molecule has 1 atom stereocenters. The Labute approximate surface area is 184 Å². The largest absolute Gasteiger partial charge is 0.385 e. The Kier molecular flexibility index (Phi) is 6.42. The number of nitrogens with zero attached hydrogens (tertiary/aromatic N) is 5. The van der Waals surface area contributed by atoms with Gasteiger partial charge < -0.3 is 14.6 Å². The molecule has 1 aliphatic heterocycles. The van der Waals surface area contributed by atoms with E-state index in [0.29, 0.717) is 35.1 Å². The molecule has 10 nitrogen and oxygen atoms in total. The summed E-state index contributed by atoms with van der Waals surface area (Å²) in [5, 5.41) is 17.7. The van der Waals surface area contributed by atoms with Gasteiger partial charge in [0.2, 0.25) is 0 Å². The fourth-order valence-electron chi connectivity index (χ4n) is 3.41. The van der Waals surface area contributed by atoms with Gasteiger partial charge in [-0.2, -0.15) is 0 Å². The van der Waals surface area contributed by atoms with E-state index >= 15 is 0 Å². The smallest absolute Gasteiger partial charge is 0.326 e. The molecule has 1 unspecified atom stereocenters. The Morgan fingerprint density at radius 2 is 2.23 bits per heavy atom. The second-order valence-electron chi connectivity index (χ2n) is 7.59. The molecule has 0 aromatic carbocycles. The van der Waals surface area contributed by atoms with Gasteiger partial charge in [0.1, 0.15) is 23.7 Å². The van der Waals surface area contributed by atoms with E-state index in [9.17, 15) is 4.79 Å². The summed E-state index contributed by atoms with van der Waals surface area (Å²) in [4.78, 5) is 22.7. The van der Waals surface area contributed by atoms with E-state index in [-0.39, 0.29) is 6.04 Å². The zero-order chi connectivity index (χ0) is 21.8. The topological polar surface area (TPSA) is 119 Å². The fraction of sp³-hybridized carbons (Fsp3) is 0.450. The third-order valence-corrected chi connectivity index (χ3v) is 6.03. The summed E-state index contributed by atoms with van der Waals surface area (Å²) in [7, 11) is 1.71. The van der Waals surface area contributed by atoms with Crippen molar-refractivity contribution < 1.29 is 9.53 Å². The van der Waals surface area contributed by atoms with Gasteiger partial charge >= 0.3 is 6.03 Å². The molecule has 4 rings (SSSR count). The molecular formula is C20H26N8O2S. The number of hydrogen-bond acceptors (Lipinski definition) is 8. The predicted molar refractivity (Wildman–Crippen MR) is 121 cm³/mol. The van der Waals surface area contributed by atoms with E-state index in [1.807, 2.05) is 30.5 Å². The number of pyridine rings is 1. The molecule has 0 fully saturated rings. The monoisotopic (exact) mass is 442 g/mol. The highest BCUT2D eigenvalue weighted by molar-refractivity contribution is 7.16. The van der Waals surface area contributed by atoms with Crippen LogP contribution in [0, 0.1) is 0 Å². The SMILES string of the molecule is COCCC1CCc2sc(NC(=O)Nc3cccc(-c4nncn4C(C)C)n3)nc2N1. The summed E-state index contributed by atoms with van der Waals surface area (Å²) in [6.45, 7) is 4.81. The number of fused-ring (bicyclic) bond motifs is 1. The summed E-state index contributed by atoms with van der Waals surface area (Å²) in [5.74, 6) is 1.92. The number of nitrogens with one attached hydrogen (secondary N) is 3. The molecule has 0 aliphatic carbocycles. The minimum absolute atomic E-state index is 0.199. The molecule has 31 heavy (non-hydrogen) atoms. The van der Waals surface area contributed by atoms with Gasteiger partial charge in [-0.05, 0) is 45.2 Å². The van der Waals surface area contributed by atoms with E-state index in [4.69, 9.17) is 4.74 Å². The second-order valence-corrected chi connectivity index (χ2v) is 8.68. The molecule has 2 amide bonds. The molecule has 0 spiro atoms. The number of ether oxygens (including phenoxy) is 1. The normalized spacial score (nSPS) is 15.4. The van der Waals surface area contributed by atoms with Gasteiger partial charge in [-0.3, -0.25) is 10.6 Å². The Hall–Kier alpha value is -3.05. The van der Waals surface area contributed by atoms with Gasteiger partial charge in [-0.15, -0.1) is 10.2 Å². The first kappa shape index (κ1) is 21.2. The summed E-state index contributed by atoms with van der Waals surface area (Å²) >= 11 is 1.49. The number of carbonyl (C=O) groups is 1. The first-order valence-electron chi connectivity index (χ1n) is 10.2. The molecule has 0 bridgehead atoms. The maximum absolute atomic E-state index is 12.5. The molecule has 0 saturated carbocycles. The molecule has 0 radical (unpaired) electrons. The maximum atomic E-state index is 12.5. The predicted octanol–water partition coefficient (Wildman–Crippen LogP) is 3.78. The highest BCUT2D eigenvalue weighted by Crippen LogP contribution is 2.33. The van der Waals surface area contributed by atoms with Gasteiger partial charge in [0.05, 0.1) is 4.88 Å². The summed E-state index contributed by atoms with van der Waals surface area (Å²) < 4.78 is 7.09. The van der Waals surface area contributed by atoms with Crippen LogP contribution in [0.25, 0.3) is 11.5 Å². The third kappa shape index (κ3) is 5.00. The van der Waals surface area contributed by atoms with Crippen LogP contribution < -0.4 is 16.0 Å². The zero-order valence-electron chi connectivity index (χ0n) is 17.8. The van der Waals surface area contributed by atoms with E-state index < -0.39 is 6.03 Å². The van der Waals surface area contributed by atoms with Crippen LogP contribution in [0.15, 0.2) is 24.5 Å². The van der Waals surface area contributed by atoms with Crippen LogP contribution in [0.4, 0.5) is 21.6 Å². The molecule has 3 aromatic heterocycles. The van der Waals surface area contributed by atoms with Crippen molar-refractivity contribution >= 4 is 34.1 Å². The van der Waals surface area contributed by atoms with Crippen LogP contribution in [-0.2, 0) is 11.2 Å². The van der Waals surface area contributed by atoms with Crippen molar-refractivity contribution in [2.75, 3.05) is 29.7 Å². The van der Waals surface area contributed by atoms with Gasteiger partial charge in [0, 0.05) is 25.8 Å². The number of aromatic nitrogens is 5. The highest BCUT2D eigenvalue weighted by atomic mass is 32.1. The lowest BCUT2D eigenvalue weighted by molar-refractivity contribution is 0.188. The summed E-state index contributed by atoms with van der Waals surface area (Å²) in [6, 6.07) is 5.54. The van der Waals surface area contributed by atoms with Crippen LogP contribution in [0.3, 0.4) is 0 Å². The van der Waals surface area contributed by atoms with Crippen molar-refractivity contribution in [1.82, 2.24) is 24.7 Å². The Morgan fingerprint density at radius 3 is 3.03 bits per heavy atom. The highest BCUT2D eigenvalue weighted by Gasteiger charge is 2.22. The fourth-order valence-corrected chi connectivity index (χ4v) is 4.35.